The second-order valence-corrected chi connectivity index (χ2v) is 9.12. The summed E-state index contributed by atoms with van der Waals surface area (Å²) in [5, 5.41) is 5.05. The van der Waals surface area contributed by atoms with Crippen LogP contribution in [0.2, 0.25) is 0 Å². The number of nitrogens with one attached hydrogen (secondary N) is 1. The van der Waals surface area contributed by atoms with Crippen LogP contribution in [-0.2, 0) is 17.6 Å². The molecule has 2 aromatic rings. The molecular weight excluding hydrogens is 326 g/mol. The van der Waals surface area contributed by atoms with Gasteiger partial charge in [-0.1, -0.05) is 0 Å². The maximum Gasteiger partial charge on any atom is 0.138 e. The van der Waals surface area contributed by atoms with E-state index in [1.165, 1.54) is 47.3 Å². The molecule has 2 aromatic heterocycles. The number of thiophene rings is 1. The Morgan fingerprint density at radius 2 is 2.30 bits per heavy atom. The van der Waals surface area contributed by atoms with Crippen molar-refractivity contribution in [3.8, 4) is 0 Å². The van der Waals surface area contributed by atoms with Gasteiger partial charge in [-0.05, 0) is 49.8 Å². The molecule has 5 rings (SSSR count). The fraction of sp³-hybridized carbons (Fsp3) is 0.647. The Hall–Kier alpha value is -0.850. The summed E-state index contributed by atoms with van der Waals surface area (Å²) in [6.45, 7) is 0.869. The summed E-state index contributed by atoms with van der Waals surface area (Å²) < 4.78 is 6.15. The normalized spacial score (nSPS) is 30.2. The molecule has 1 spiro atoms. The van der Waals surface area contributed by atoms with Gasteiger partial charge < -0.3 is 10.1 Å². The van der Waals surface area contributed by atoms with Crippen LogP contribution in [0.3, 0.4) is 0 Å². The number of hydrogen-bond donors (Lipinski definition) is 1. The summed E-state index contributed by atoms with van der Waals surface area (Å²) in [5.74, 6) is 3.45. The number of aromatic nitrogens is 2. The van der Waals surface area contributed by atoms with E-state index in [0.717, 1.165) is 35.8 Å². The van der Waals surface area contributed by atoms with Crippen molar-refractivity contribution < 1.29 is 4.74 Å². The first-order valence-corrected chi connectivity index (χ1v) is 10.5. The zero-order chi connectivity index (χ0) is 15.3. The second kappa shape index (κ2) is 5.60. The third kappa shape index (κ3) is 2.46. The maximum atomic E-state index is 6.15. The number of rotatable bonds is 2. The smallest absolute Gasteiger partial charge is 0.138 e. The van der Waals surface area contributed by atoms with Crippen molar-refractivity contribution in [2.45, 2.75) is 50.2 Å². The van der Waals surface area contributed by atoms with Crippen LogP contribution in [-0.4, -0.2) is 39.7 Å². The van der Waals surface area contributed by atoms with Crippen LogP contribution in [0.5, 0.6) is 0 Å². The second-order valence-electron chi connectivity index (χ2n) is 6.93. The van der Waals surface area contributed by atoms with Gasteiger partial charge in [-0.25, -0.2) is 9.97 Å². The quantitative estimate of drug-likeness (QED) is 0.898. The Morgan fingerprint density at radius 1 is 1.30 bits per heavy atom. The van der Waals surface area contributed by atoms with Crippen molar-refractivity contribution >= 4 is 39.1 Å². The van der Waals surface area contributed by atoms with Gasteiger partial charge in [0.2, 0.25) is 0 Å². The standard InChI is InChI=1S/C17H21N3OS2/c1-2-12-13(3-1)23-16-14(12)15(18-10-19-16)20-11-4-6-21-17(8-11)5-7-22-9-17/h10-11H,1-9H2,(H,18,19,20)/t11-,17-/m0/s1. The van der Waals surface area contributed by atoms with E-state index in [9.17, 15) is 0 Å². The molecule has 3 aliphatic rings. The summed E-state index contributed by atoms with van der Waals surface area (Å²) in [5.41, 5.74) is 1.62. The lowest BCUT2D eigenvalue weighted by atomic mass is 9.90. The molecule has 122 valence electrons. The number of aryl methyl sites for hydroxylation is 2. The van der Waals surface area contributed by atoms with E-state index >= 15 is 0 Å². The first kappa shape index (κ1) is 14.5. The predicted molar refractivity (Wildman–Crippen MR) is 96.7 cm³/mol. The van der Waals surface area contributed by atoms with E-state index in [2.05, 4.69) is 15.3 Å². The number of ether oxygens (including phenoxy) is 1. The third-order valence-electron chi connectivity index (χ3n) is 5.40. The molecule has 0 unspecified atom stereocenters. The van der Waals surface area contributed by atoms with Gasteiger partial charge >= 0.3 is 0 Å². The van der Waals surface area contributed by atoms with E-state index in [1.807, 2.05) is 23.1 Å². The number of nitrogens with zero attached hydrogens (tertiary/aromatic N) is 2. The van der Waals surface area contributed by atoms with Crippen molar-refractivity contribution in [3.05, 3.63) is 16.8 Å². The molecule has 0 saturated carbocycles. The average Bonchev–Trinajstić information content (AvgIpc) is 3.24. The van der Waals surface area contributed by atoms with Crippen LogP contribution in [0.1, 0.15) is 36.1 Å². The van der Waals surface area contributed by atoms with Gasteiger partial charge in [0.05, 0.1) is 11.0 Å². The Kier molecular flexibility index (Phi) is 3.53. The first-order chi connectivity index (χ1) is 11.3. The first-order valence-electron chi connectivity index (χ1n) is 8.56. The van der Waals surface area contributed by atoms with Gasteiger partial charge in [0.15, 0.2) is 0 Å². The highest BCUT2D eigenvalue weighted by Crippen LogP contribution is 2.41. The predicted octanol–water partition coefficient (Wildman–Crippen LogP) is 3.65. The monoisotopic (exact) mass is 347 g/mol. The molecule has 2 fully saturated rings. The molecule has 0 radical (unpaired) electrons. The maximum absolute atomic E-state index is 6.15. The van der Waals surface area contributed by atoms with Crippen LogP contribution in [0.15, 0.2) is 6.33 Å². The Bertz CT molecular complexity index is 739. The van der Waals surface area contributed by atoms with Crippen LogP contribution in [0, 0.1) is 0 Å². The molecule has 1 aliphatic carbocycles. The zero-order valence-electron chi connectivity index (χ0n) is 13.1. The van der Waals surface area contributed by atoms with E-state index in [4.69, 9.17) is 4.74 Å². The number of fused-ring (bicyclic) bond motifs is 3. The van der Waals surface area contributed by atoms with Gasteiger partial charge in [-0.15, -0.1) is 11.3 Å². The third-order valence-corrected chi connectivity index (χ3v) is 7.83. The molecule has 4 nitrogen and oxygen atoms in total. The van der Waals surface area contributed by atoms with Gasteiger partial charge in [0.25, 0.3) is 0 Å². The molecule has 0 bridgehead atoms. The molecule has 4 heterocycles. The minimum Gasteiger partial charge on any atom is -0.374 e. The topological polar surface area (TPSA) is 47.0 Å². The Morgan fingerprint density at radius 3 is 3.22 bits per heavy atom. The molecule has 23 heavy (non-hydrogen) atoms. The van der Waals surface area contributed by atoms with Gasteiger partial charge in [0, 0.05) is 23.3 Å². The highest BCUT2D eigenvalue weighted by molar-refractivity contribution is 7.99. The number of anilines is 1. The summed E-state index contributed by atoms with van der Waals surface area (Å²) in [7, 11) is 0. The largest absolute Gasteiger partial charge is 0.374 e. The Labute approximate surface area is 144 Å². The highest BCUT2D eigenvalue weighted by Gasteiger charge is 2.40. The highest BCUT2D eigenvalue weighted by atomic mass is 32.2. The number of hydrogen-bond acceptors (Lipinski definition) is 6. The summed E-state index contributed by atoms with van der Waals surface area (Å²) in [4.78, 5) is 11.8. The summed E-state index contributed by atoms with van der Waals surface area (Å²) in [6, 6.07) is 0.470. The fourth-order valence-corrected chi connectivity index (χ4v) is 6.85. The molecule has 2 saturated heterocycles. The van der Waals surface area contributed by atoms with Crippen molar-refractivity contribution in [2.24, 2.45) is 0 Å². The van der Waals surface area contributed by atoms with Crippen molar-refractivity contribution in [1.82, 2.24) is 9.97 Å². The molecular formula is C17H21N3OS2. The SMILES string of the molecule is c1nc(N[C@H]2CCO[C@@]3(CCSC3)C2)c2c3c(sc2n1)CCC3. The molecule has 0 amide bonds. The lowest BCUT2D eigenvalue weighted by Gasteiger charge is -2.38. The van der Waals surface area contributed by atoms with E-state index in [0.29, 0.717) is 6.04 Å². The average molecular weight is 348 g/mol. The van der Waals surface area contributed by atoms with Crippen LogP contribution >= 0.6 is 23.1 Å². The Balaban J connectivity index is 1.45. The lowest BCUT2D eigenvalue weighted by molar-refractivity contribution is -0.0628. The van der Waals surface area contributed by atoms with Gasteiger partial charge in [0.1, 0.15) is 17.0 Å². The minimum absolute atomic E-state index is 0.114. The van der Waals surface area contributed by atoms with Gasteiger partial charge in [-0.3, -0.25) is 0 Å². The van der Waals surface area contributed by atoms with E-state index in [-0.39, 0.29) is 5.60 Å². The summed E-state index contributed by atoms with van der Waals surface area (Å²) in [6.07, 6.45) is 8.78. The summed E-state index contributed by atoms with van der Waals surface area (Å²) >= 11 is 3.89. The minimum atomic E-state index is 0.114. The van der Waals surface area contributed by atoms with E-state index < -0.39 is 0 Å². The van der Waals surface area contributed by atoms with Crippen molar-refractivity contribution in [3.63, 3.8) is 0 Å². The van der Waals surface area contributed by atoms with Crippen LogP contribution in [0.25, 0.3) is 10.2 Å². The molecule has 2 aliphatic heterocycles. The van der Waals surface area contributed by atoms with Crippen molar-refractivity contribution in [1.29, 1.82) is 0 Å². The molecule has 0 aromatic carbocycles. The fourth-order valence-electron chi connectivity index (χ4n) is 4.25. The van der Waals surface area contributed by atoms with E-state index in [1.54, 1.807) is 6.33 Å². The zero-order valence-corrected chi connectivity index (χ0v) is 14.8. The van der Waals surface area contributed by atoms with Crippen LogP contribution in [0.4, 0.5) is 5.82 Å². The molecule has 6 heteroatoms. The molecule has 1 N–H and O–H groups in total. The number of thioether (sulfide) groups is 1. The molecule has 2 atom stereocenters. The van der Waals surface area contributed by atoms with Crippen molar-refractivity contribution in [2.75, 3.05) is 23.4 Å². The van der Waals surface area contributed by atoms with Gasteiger partial charge in [-0.2, -0.15) is 11.8 Å². The lowest BCUT2D eigenvalue weighted by Crippen LogP contribution is -2.44. The van der Waals surface area contributed by atoms with Crippen LogP contribution < -0.4 is 5.32 Å².